The highest BCUT2D eigenvalue weighted by Crippen LogP contribution is 2.50. The molecule has 2 N–H and O–H groups in total. The molecule has 1 aromatic carbocycles. The van der Waals surface area contributed by atoms with Gasteiger partial charge >= 0.3 is 0 Å². The smallest absolute Gasteiger partial charge is 0.115 e. The summed E-state index contributed by atoms with van der Waals surface area (Å²) in [4.78, 5) is 0. The van der Waals surface area contributed by atoms with Crippen molar-refractivity contribution in [2.75, 3.05) is 13.2 Å². The molecule has 0 aromatic heterocycles. The summed E-state index contributed by atoms with van der Waals surface area (Å²) >= 11 is 0. The quantitative estimate of drug-likeness (QED) is 0.804. The van der Waals surface area contributed by atoms with E-state index < -0.39 is 0 Å². The lowest BCUT2D eigenvalue weighted by Gasteiger charge is -2.47. The van der Waals surface area contributed by atoms with E-state index in [0.29, 0.717) is 12.5 Å². The summed E-state index contributed by atoms with van der Waals surface area (Å²) in [5.74, 6) is 0.611. The van der Waals surface area contributed by atoms with E-state index in [0.717, 1.165) is 18.4 Å². The lowest BCUT2D eigenvalue weighted by atomic mass is 9.67. The van der Waals surface area contributed by atoms with E-state index in [1.165, 1.54) is 5.57 Å². The van der Waals surface area contributed by atoms with Gasteiger partial charge in [0.15, 0.2) is 0 Å². The van der Waals surface area contributed by atoms with Crippen LogP contribution in [-0.2, 0) is 4.74 Å². The van der Waals surface area contributed by atoms with Crippen molar-refractivity contribution in [3.8, 4) is 5.75 Å². The maximum atomic E-state index is 9.63. The first-order valence-corrected chi connectivity index (χ1v) is 6.82. The first kappa shape index (κ1) is 12.7. The van der Waals surface area contributed by atoms with Gasteiger partial charge < -0.3 is 14.9 Å². The molecule has 1 unspecified atom stereocenters. The number of phenolic OH excluding ortho intramolecular Hbond substituents is 1. The van der Waals surface area contributed by atoms with E-state index in [9.17, 15) is 10.2 Å². The molecule has 1 fully saturated rings. The maximum Gasteiger partial charge on any atom is 0.115 e. The molecule has 0 spiro atoms. The number of rotatable bonds is 2. The Kier molecular flexibility index (Phi) is 3.11. The average molecular weight is 260 g/mol. The number of benzene rings is 1. The third-order valence-corrected chi connectivity index (χ3v) is 4.59. The van der Waals surface area contributed by atoms with Crippen molar-refractivity contribution < 1.29 is 14.9 Å². The number of aliphatic hydroxyl groups is 1. The summed E-state index contributed by atoms with van der Waals surface area (Å²) in [6.07, 6.45) is 4.18. The lowest BCUT2D eigenvalue weighted by Crippen LogP contribution is -2.43. The van der Waals surface area contributed by atoms with Crippen LogP contribution < -0.4 is 0 Å². The molecular formula is C16H20O3. The summed E-state index contributed by atoms with van der Waals surface area (Å²) in [6.45, 7) is 2.94. The summed E-state index contributed by atoms with van der Waals surface area (Å²) in [6, 6.07) is 7.25. The Morgan fingerprint density at radius 3 is 2.74 bits per heavy atom. The van der Waals surface area contributed by atoms with Crippen molar-refractivity contribution in [1.29, 1.82) is 0 Å². The van der Waals surface area contributed by atoms with Crippen LogP contribution in [0.3, 0.4) is 0 Å². The summed E-state index contributed by atoms with van der Waals surface area (Å²) < 4.78 is 6.05. The van der Waals surface area contributed by atoms with Crippen molar-refractivity contribution in [3.63, 3.8) is 0 Å². The summed E-state index contributed by atoms with van der Waals surface area (Å²) in [7, 11) is 0. The number of hydrogen-bond donors (Lipinski definition) is 2. The van der Waals surface area contributed by atoms with Gasteiger partial charge in [0.05, 0.1) is 19.3 Å². The fourth-order valence-electron chi connectivity index (χ4n) is 3.25. The number of allylic oxidation sites excluding steroid dienone is 1. The molecule has 102 valence electrons. The van der Waals surface area contributed by atoms with E-state index in [-0.39, 0.29) is 23.9 Å². The van der Waals surface area contributed by atoms with Gasteiger partial charge in [0.1, 0.15) is 5.75 Å². The van der Waals surface area contributed by atoms with Gasteiger partial charge in [0, 0.05) is 11.3 Å². The number of ether oxygens (including phenoxy) is 1. The first-order chi connectivity index (χ1) is 9.13. The molecule has 0 amide bonds. The van der Waals surface area contributed by atoms with Gasteiger partial charge in [-0.2, -0.15) is 0 Å². The molecule has 2 aliphatic rings. The van der Waals surface area contributed by atoms with Crippen molar-refractivity contribution in [2.45, 2.75) is 25.9 Å². The van der Waals surface area contributed by atoms with Gasteiger partial charge in [-0.05, 0) is 37.5 Å². The van der Waals surface area contributed by atoms with E-state index in [4.69, 9.17) is 4.74 Å². The van der Waals surface area contributed by atoms with Crippen LogP contribution in [-0.4, -0.2) is 23.4 Å². The second-order valence-electron chi connectivity index (χ2n) is 5.94. The zero-order valence-electron chi connectivity index (χ0n) is 11.2. The summed E-state index contributed by atoms with van der Waals surface area (Å²) in [5, 5.41) is 19.0. The monoisotopic (exact) mass is 260 g/mol. The van der Waals surface area contributed by atoms with E-state index in [1.807, 2.05) is 12.1 Å². The molecule has 1 heterocycles. The van der Waals surface area contributed by atoms with Gasteiger partial charge in [0.2, 0.25) is 0 Å². The molecule has 3 nitrogen and oxygen atoms in total. The molecule has 0 radical (unpaired) electrons. The van der Waals surface area contributed by atoms with Crippen molar-refractivity contribution in [3.05, 3.63) is 41.5 Å². The molecule has 1 aromatic rings. The minimum absolute atomic E-state index is 0.0387. The highest BCUT2D eigenvalue weighted by Gasteiger charge is 2.44. The van der Waals surface area contributed by atoms with Crippen LogP contribution in [0, 0.1) is 11.3 Å². The zero-order valence-corrected chi connectivity index (χ0v) is 11.2. The minimum atomic E-state index is -0.0857. The van der Waals surface area contributed by atoms with Crippen molar-refractivity contribution in [2.24, 2.45) is 11.3 Å². The standard InChI is InChI=1S/C16H20O3/c1-11-6-7-16(9-17)8-14(11)15(19-10-16)12-2-4-13(18)5-3-12/h2-6,14-15,17-18H,7-10H2,1H3/t14-,15+,16?/m0/s1. The first-order valence-electron chi connectivity index (χ1n) is 6.82. The fraction of sp³-hybridized carbons (Fsp3) is 0.500. The second-order valence-corrected chi connectivity index (χ2v) is 5.94. The van der Waals surface area contributed by atoms with Gasteiger partial charge in [-0.15, -0.1) is 0 Å². The zero-order chi connectivity index (χ0) is 13.5. The Labute approximate surface area is 113 Å². The maximum absolute atomic E-state index is 9.63. The van der Waals surface area contributed by atoms with Crippen LogP contribution in [0.4, 0.5) is 0 Å². The van der Waals surface area contributed by atoms with Crippen LogP contribution in [0.1, 0.15) is 31.4 Å². The van der Waals surface area contributed by atoms with Crippen molar-refractivity contribution >= 4 is 0 Å². The van der Waals surface area contributed by atoms with Gasteiger partial charge in [0.25, 0.3) is 0 Å². The highest BCUT2D eigenvalue weighted by molar-refractivity contribution is 5.30. The molecule has 1 aliphatic carbocycles. The van der Waals surface area contributed by atoms with Gasteiger partial charge in [-0.25, -0.2) is 0 Å². The predicted octanol–water partition coefficient (Wildman–Crippen LogP) is 2.80. The Bertz CT molecular complexity index is 491. The van der Waals surface area contributed by atoms with E-state index >= 15 is 0 Å². The van der Waals surface area contributed by atoms with E-state index in [1.54, 1.807) is 12.1 Å². The molecule has 1 aliphatic heterocycles. The Morgan fingerprint density at radius 2 is 2.05 bits per heavy atom. The molecule has 19 heavy (non-hydrogen) atoms. The number of fused-ring (bicyclic) bond motifs is 2. The lowest BCUT2D eigenvalue weighted by molar-refractivity contribution is -0.113. The van der Waals surface area contributed by atoms with Crippen LogP contribution >= 0.6 is 0 Å². The number of aromatic hydroxyl groups is 1. The molecule has 0 saturated carbocycles. The van der Waals surface area contributed by atoms with Gasteiger partial charge in [-0.1, -0.05) is 23.8 Å². The van der Waals surface area contributed by atoms with Crippen LogP contribution in [0.2, 0.25) is 0 Å². The molecule has 2 bridgehead atoms. The highest BCUT2D eigenvalue weighted by atomic mass is 16.5. The Balaban J connectivity index is 1.91. The third-order valence-electron chi connectivity index (χ3n) is 4.59. The van der Waals surface area contributed by atoms with Gasteiger partial charge in [-0.3, -0.25) is 0 Å². The SMILES string of the molecule is CC1=CCC2(CO)CO[C@H](c3ccc(O)cc3)[C@H]1C2. The topological polar surface area (TPSA) is 49.7 Å². The Morgan fingerprint density at radius 1 is 1.32 bits per heavy atom. The normalized spacial score (nSPS) is 33.9. The number of phenols is 1. The third kappa shape index (κ3) is 2.17. The van der Waals surface area contributed by atoms with E-state index in [2.05, 4.69) is 13.0 Å². The second kappa shape index (κ2) is 4.66. The molecule has 3 rings (SSSR count). The molecule has 3 atom stereocenters. The predicted molar refractivity (Wildman–Crippen MR) is 72.8 cm³/mol. The largest absolute Gasteiger partial charge is 0.508 e. The average Bonchev–Trinajstić information content (AvgIpc) is 2.45. The molecule has 1 saturated heterocycles. The van der Waals surface area contributed by atoms with Crippen LogP contribution in [0.5, 0.6) is 5.75 Å². The fourth-order valence-corrected chi connectivity index (χ4v) is 3.25. The van der Waals surface area contributed by atoms with Crippen LogP contribution in [0.25, 0.3) is 0 Å². The molecule has 3 heteroatoms. The number of aliphatic hydroxyl groups excluding tert-OH is 1. The van der Waals surface area contributed by atoms with Crippen molar-refractivity contribution in [1.82, 2.24) is 0 Å². The summed E-state index contributed by atoms with van der Waals surface area (Å²) in [5.41, 5.74) is 2.36. The number of hydrogen-bond acceptors (Lipinski definition) is 3. The minimum Gasteiger partial charge on any atom is -0.508 e. The van der Waals surface area contributed by atoms with Crippen LogP contribution in [0.15, 0.2) is 35.9 Å². The Hall–Kier alpha value is -1.32. The molecular weight excluding hydrogens is 240 g/mol.